The van der Waals surface area contributed by atoms with Crippen LogP contribution in [0.1, 0.15) is 64.0 Å². The van der Waals surface area contributed by atoms with E-state index >= 15 is 0 Å². The van der Waals surface area contributed by atoms with Crippen molar-refractivity contribution in [1.29, 1.82) is 0 Å². The van der Waals surface area contributed by atoms with Gasteiger partial charge in [0.2, 0.25) is 0 Å². The monoisotopic (exact) mass is 308 g/mol. The van der Waals surface area contributed by atoms with Crippen LogP contribution in [0.5, 0.6) is 0 Å². The SMILES string of the molecule is CCCCCCNC(=NCc1nnc(C)n1C)NCCCC. The van der Waals surface area contributed by atoms with Crippen molar-refractivity contribution in [3.63, 3.8) is 0 Å². The number of nitrogens with one attached hydrogen (secondary N) is 2. The molecular formula is C16H32N6. The number of aromatic nitrogens is 3. The van der Waals surface area contributed by atoms with Crippen LogP contribution < -0.4 is 10.6 Å². The van der Waals surface area contributed by atoms with Crippen LogP contribution in [0.15, 0.2) is 4.99 Å². The van der Waals surface area contributed by atoms with E-state index in [0.29, 0.717) is 6.54 Å². The Kier molecular flexibility index (Phi) is 9.26. The van der Waals surface area contributed by atoms with Crippen LogP contribution in [0.25, 0.3) is 0 Å². The summed E-state index contributed by atoms with van der Waals surface area (Å²) in [4.78, 5) is 4.63. The molecule has 126 valence electrons. The molecule has 0 unspecified atom stereocenters. The first-order chi connectivity index (χ1) is 10.7. The lowest BCUT2D eigenvalue weighted by atomic mass is 10.2. The van der Waals surface area contributed by atoms with Crippen LogP contribution in [0.3, 0.4) is 0 Å². The van der Waals surface area contributed by atoms with E-state index in [9.17, 15) is 0 Å². The van der Waals surface area contributed by atoms with Crippen LogP contribution in [0.2, 0.25) is 0 Å². The summed E-state index contributed by atoms with van der Waals surface area (Å²) in [6, 6.07) is 0. The summed E-state index contributed by atoms with van der Waals surface area (Å²) in [6.45, 7) is 8.85. The molecule has 0 saturated heterocycles. The number of nitrogens with zero attached hydrogens (tertiary/aromatic N) is 4. The average Bonchev–Trinajstić information content (AvgIpc) is 2.83. The van der Waals surface area contributed by atoms with Gasteiger partial charge in [0.05, 0.1) is 0 Å². The first-order valence-corrected chi connectivity index (χ1v) is 8.56. The van der Waals surface area contributed by atoms with E-state index in [0.717, 1.165) is 37.1 Å². The van der Waals surface area contributed by atoms with E-state index < -0.39 is 0 Å². The molecular weight excluding hydrogens is 276 g/mol. The highest BCUT2D eigenvalue weighted by molar-refractivity contribution is 5.79. The van der Waals surface area contributed by atoms with Gasteiger partial charge in [0.1, 0.15) is 12.4 Å². The Morgan fingerprint density at radius 3 is 2.27 bits per heavy atom. The predicted octanol–water partition coefficient (Wildman–Crippen LogP) is 2.54. The van der Waals surface area contributed by atoms with Crippen molar-refractivity contribution in [3.8, 4) is 0 Å². The third-order valence-corrected chi connectivity index (χ3v) is 3.71. The van der Waals surface area contributed by atoms with Gasteiger partial charge in [-0.2, -0.15) is 0 Å². The molecule has 1 rings (SSSR count). The molecule has 0 spiro atoms. The number of hydrogen-bond donors (Lipinski definition) is 2. The molecule has 1 aromatic heterocycles. The maximum atomic E-state index is 4.63. The third kappa shape index (κ3) is 6.91. The summed E-state index contributed by atoms with van der Waals surface area (Å²) < 4.78 is 1.98. The number of hydrogen-bond acceptors (Lipinski definition) is 3. The minimum Gasteiger partial charge on any atom is -0.356 e. The molecule has 22 heavy (non-hydrogen) atoms. The van der Waals surface area contributed by atoms with Gasteiger partial charge in [-0.25, -0.2) is 4.99 Å². The normalized spacial score (nSPS) is 11.7. The van der Waals surface area contributed by atoms with E-state index in [1.54, 1.807) is 0 Å². The number of aliphatic imine (C=N–C) groups is 1. The van der Waals surface area contributed by atoms with Crippen molar-refractivity contribution >= 4 is 5.96 Å². The fourth-order valence-electron chi connectivity index (χ4n) is 2.05. The number of rotatable bonds is 10. The molecule has 0 aliphatic rings. The molecule has 0 bridgehead atoms. The largest absolute Gasteiger partial charge is 0.356 e. The zero-order valence-electron chi connectivity index (χ0n) is 14.7. The molecule has 1 heterocycles. The van der Waals surface area contributed by atoms with Gasteiger partial charge in [-0.05, 0) is 19.8 Å². The molecule has 0 radical (unpaired) electrons. The van der Waals surface area contributed by atoms with Crippen molar-refractivity contribution in [1.82, 2.24) is 25.4 Å². The first-order valence-electron chi connectivity index (χ1n) is 8.56. The van der Waals surface area contributed by atoms with Crippen molar-refractivity contribution < 1.29 is 0 Å². The average molecular weight is 308 g/mol. The van der Waals surface area contributed by atoms with E-state index in [1.165, 1.54) is 32.1 Å². The van der Waals surface area contributed by atoms with Gasteiger partial charge in [0.15, 0.2) is 11.8 Å². The van der Waals surface area contributed by atoms with Crippen molar-refractivity contribution in [3.05, 3.63) is 11.6 Å². The molecule has 0 aromatic carbocycles. The van der Waals surface area contributed by atoms with Gasteiger partial charge in [-0.1, -0.05) is 39.5 Å². The minimum absolute atomic E-state index is 0.549. The molecule has 0 fully saturated rings. The summed E-state index contributed by atoms with van der Waals surface area (Å²) in [5, 5.41) is 15.0. The van der Waals surface area contributed by atoms with Gasteiger partial charge >= 0.3 is 0 Å². The molecule has 2 N–H and O–H groups in total. The fourth-order valence-corrected chi connectivity index (χ4v) is 2.05. The summed E-state index contributed by atoms with van der Waals surface area (Å²) in [7, 11) is 1.97. The van der Waals surface area contributed by atoms with E-state index in [4.69, 9.17) is 0 Å². The third-order valence-electron chi connectivity index (χ3n) is 3.71. The van der Waals surface area contributed by atoms with Crippen molar-refractivity contribution in [2.24, 2.45) is 12.0 Å². The highest BCUT2D eigenvalue weighted by Gasteiger charge is 2.04. The summed E-state index contributed by atoms with van der Waals surface area (Å²) >= 11 is 0. The Morgan fingerprint density at radius 1 is 1.00 bits per heavy atom. The second-order valence-corrected chi connectivity index (χ2v) is 5.66. The van der Waals surface area contributed by atoms with Crippen LogP contribution in [0.4, 0.5) is 0 Å². The second kappa shape index (κ2) is 11.0. The first kappa shape index (κ1) is 18.5. The molecule has 0 saturated carbocycles. The van der Waals surface area contributed by atoms with Gasteiger partial charge in [-0.15, -0.1) is 10.2 Å². The Morgan fingerprint density at radius 2 is 1.68 bits per heavy atom. The molecule has 0 aliphatic heterocycles. The quantitative estimate of drug-likeness (QED) is 0.396. The molecule has 0 aliphatic carbocycles. The number of aryl methyl sites for hydroxylation is 1. The van der Waals surface area contributed by atoms with Gasteiger partial charge in [0.25, 0.3) is 0 Å². The number of guanidine groups is 1. The lowest BCUT2D eigenvalue weighted by Crippen LogP contribution is -2.38. The lowest BCUT2D eigenvalue weighted by Gasteiger charge is -2.12. The molecule has 0 atom stereocenters. The maximum Gasteiger partial charge on any atom is 0.191 e. The smallest absolute Gasteiger partial charge is 0.191 e. The minimum atomic E-state index is 0.549. The summed E-state index contributed by atoms with van der Waals surface area (Å²) in [5.41, 5.74) is 0. The Bertz CT molecular complexity index is 438. The molecule has 1 aromatic rings. The topological polar surface area (TPSA) is 67.1 Å². The second-order valence-electron chi connectivity index (χ2n) is 5.66. The van der Waals surface area contributed by atoms with Crippen LogP contribution in [-0.4, -0.2) is 33.8 Å². The highest BCUT2D eigenvalue weighted by Crippen LogP contribution is 2.00. The van der Waals surface area contributed by atoms with Crippen molar-refractivity contribution in [2.75, 3.05) is 13.1 Å². The Balaban J connectivity index is 2.48. The van der Waals surface area contributed by atoms with E-state index in [2.05, 4.69) is 39.7 Å². The molecule has 0 amide bonds. The Hall–Kier alpha value is -1.59. The molecule has 6 heteroatoms. The maximum absolute atomic E-state index is 4.63. The van der Waals surface area contributed by atoms with E-state index in [1.807, 2.05) is 18.5 Å². The van der Waals surface area contributed by atoms with Gasteiger partial charge in [-0.3, -0.25) is 0 Å². The zero-order valence-corrected chi connectivity index (χ0v) is 14.7. The summed E-state index contributed by atoms with van der Waals surface area (Å²) in [6.07, 6.45) is 7.36. The van der Waals surface area contributed by atoms with Crippen LogP contribution >= 0.6 is 0 Å². The Labute approximate surface area is 134 Å². The van der Waals surface area contributed by atoms with Gasteiger partial charge in [0, 0.05) is 20.1 Å². The molecule has 6 nitrogen and oxygen atoms in total. The standard InChI is InChI=1S/C16H32N6/c1-5-7-9-10-12-18-16(17-11-8-6-2)19-13-15-21-20-14(3)22(15)4/h5-13H2,1-4H3,(H2,17,18,19). The van der Waals surface area contributed by atoms with Crippen molar-refractivity contribution in [2.45, 2.75) is 65.8 Å². The predicted molar refractivity (Wildman–Crippen MR) is 91.9 cm³/mol. The van der Waals surface area contributed by atoms with Crippen LogP contribution in [0, 0.1) is 6.92 Å². The highest BCUT2D eigenvalue weighted by atomic mass is 15.3. The van der Waals surface area contributed by atoms with E-state index in [-0.39, 0.29) is 0 Å². The van der Waals surface area contributed by atoms with Gasteiger partial charge < -0.3 is 15.2 Å². The fraction of sp³-hybridized carbons (Fsp3) is 0.812. The zero-order chi connectivity index (χ0) is 16.2. The van der Waals surface area contributed by atoms with Crippen LogP contribution in [-0.2, 0) is 13.6 Å². The number of unbranched alkanes of at least 4 members (excludes halogenated alkanes) is 4. The lowest BCUT2D eigenvalue weighted by molar-refractivity contribution is 0.642. The summed E-state index contributed by atoms with van der Waals surface area (Å²) in [5.74, 6) is 2.68.